The van der Waals surface area contributed by atoms with Crippen LogP contribution in [0.15, 0.2) is 53.0 Å². The van der Waals surface area contributed by atoms with Gasteiger partial charge in [-0.25, -0.2) is 0 Å². The van der Waals surface area contributed by atoms with Crippen LogP contribution in [0.2, 0.25) is 0 Å². The van der Waals surface area contributed by atoms with Gasteiger partial charge < -0.3 is 10.2 Å². The van der Waals surface area contributed by atoms with E-state index < -0.39 is 0 Å². The minimum Gasteiger partial charge on any atom is -0.306 e. The van der Waals surface area contributed by atoms with Gasteiger partial charge in [0.15, 0.2) is 0 Å². The maximum atomic E-state index is 12.6. The zero-order valence-corrected chi connectivity index (χ0v) is 13.4. The Kier molecular flexibility index (Phi) is 4.08. The van der Waals surface area contributed by atoms with Gasteiger partial charge in [0, 0.05) is 16.7 Å². The summed E-state index contributed by atoms with van der Waals surface area (Å²) in [7, 11) is 0. The van der Waals surface area contributed by atoms with Gasteiger partial charge in [-0.1, -0.05) is 46.3 Å². The van der Waals surface area contributed by atoms with Crippen molar-refractivity contribution in [2.45, 2.75) is 26.1 Å². The molecule has 3 rings (SSSR count). The highest BCUT2D eigenvalue weighted by atomic mass is 79.9. The number of nitrogens with zero attached hydrogens (tertiary/aromatic N) is 1. The number of hydrogen-bond acceptors (Lipinski definition) is 2. The number of carbonyl (C=O) groups excluding carboxylic acids is 1. The number of hydrogen-bond donors (Lipinski definition) is 1. The first kappa shape index (κ1) is 14.3. The van der Waals surface area contributed by atoms with E-state index in [-0.39, 0.29) is 11.9 Å². The molecule has 1 aliphatic heterocycles. The molecule has 1 unspecified atom stereocenters. The molecule has 4 heteroatoms. The topological polar surface area (TPSA) is 32.3 Å². The summed E-state index contributed by atoms with van der Waals surface area (Å²) in [6.07, 6.45) is 0. The summed E-state index contributed by atoms with van der Waals surface area (Å²) < 4.78 is 1.05. The summed E-state index contributed by atoms with van der Waals surface area (Å²) >= 11 is 3.44. The highest BCUT2D eigenvalue weighted by molar-refractivity contribution is 9.10. The molecule has 2 aromatic carbocycles. The van der Waals surface area contributed by atoms with Crippen molar-refractivity contribution in [2.75, 3.05) is 4.90 Å². The quantitative estimate of drug-likeness (QED) is 0.904. The molecule has 1 aliphatic rings. The molecular formula is C17H17BrN2O. The molecule has 108 valence electrons. The molecule has 0 radical (unpaired) electrons. The van der Waals surface area contributed by atoms with Gasteiger partial charge in [-0.05, 0) is 36.2 Å². The van der Waals surface area contributed by atoms with E-state index in [4.69, 9.17) is 0 Å². The Morgan fingerprint density at radius 3 is 2.67 bits per heavy atom. The largest absolute Gasteiger partial charge is 0.306 e. The number of benzene rings is 2. The van der Waals surface area contributed by atoms with E-state index in [0.29, 0.717) is 6.54 Å². The molecule has 3 nitrogen and oxygen atoms in total. The third kappa shape index (κ3) is 3.01. The second kappa shape index (κ2) is 6.00. The highest BCUT2D eigenvalue weighted by Gasteiger charge is 2.26. The van der Waals surface area contributed by atoms with Crippen LogP contribution in [0.25, 0.3) is 0 Å². The van der Waals surface area contributed by atoms with Gasteiger partial charge in [-0.3, -0.25) is 4.79 Å². The van der Waals surface area contributed by atoms with Crippen LogP contribution >= 0.6 is 15.9 Å². The fourth-order valence-corrected chi connectivity index (χ4v) is 2.83. The Morgan fingerprint density at radius 1 is 1.19 bits per heavy atom. The molecule has 2 aromatic rings. The molecule has 0 spiro atoms. The second-order valence-corrected chi connectivity index (χ2v) is 6.20. The molecule has 0 fully saturated rings. The van der Waals surface area contributed by atoms with E-state index >= 15 is 0 Å². The van der Waals surface area contributed by atoms with Crippen LogP contribution in [0.1, 0.15) is 18.1 Å². The molecule has 1 heterocycles. The van der Waals surface area contributed by atoms with Gasteiger partial charge in [-0.15, -0.1) is 0 Å². The first-order valence-corrected chi connectivity index (χ1v) is 7.81. The predicted octanol–water partition coefficient (Wildman–Crippen LogP) is 3.47. The maximum absolute atomic E-state index is 12.6. The van der Waals surface area contributed by atoms with Gasteiger partial charge in [0.05, 0.1) is 12.6 Å². The summed E-state index contributed by atoms with van der Waals surface area (Å²) in [6, 6.07) is 16.0. The van der Waals surface area contributed by atoms with Crippen molar-refractivity contribution in [1.29, 1.82) is 0 Å². The second-order valence-electron chi connectivity index (χ2n) is 5.28. The Bertz CT molecular complexity index is 654. The van der Waals surface area contributed by atoms with Crippen LogP contribution in [-0.2, 0) is 17.9 Å². The van der Waals surface area contributed by atoms with Crippen molar-refractivity contribution in [2.24, 2.45) is 0 Å². The van der Waals surface area contributed by atoms with Gasteiger partial charge in [0.1, 0.15) is 0 Å². The summed E-state index contributed by atoms with van der Waals surface area (Å²) in [6.45, 7) is 3.23. The smallest absolute Gasteiger partial charge is 0.244 e. The van der Waals surface area contributed by atoms with Crippen molar-refractivity contribution in [1.82, 2.24) is 5.32 Å². The molecular weight excluding hydrogens is 328 g/mol. The zero-order chi connectivity index (χ0) is 14.8. The van der Waals surface area contributed by atoms with E-state index in [0.717, 1.165) is 27.8 Å². The van der Waals surface area contributed by atoms with E-state index in [1.54, 1.807) is 0 Å². The Labute approximate surface area is 133 Å². The average molecular weight is 345 g/mol. The van der Waals surface area contributed by atoms with E-state index in [2.05, 4.69) is 27.3 Å². The number of fused-ring (bicyclic) bond motifs is 1. The molecule has 21 heavy (non-hydrogen) atoms. The number of para-hydroxylation sites is 1. The molecule has 0 bridgehead atoms. The Balaban J connectivity index is 1.97. The number of rotatable bonds is 2. The summed E-state index contributed by atoms with van der Waals surface area (Å²) in [5.74, 6) is 0.114. The first-order valence-electron chi connectivity index (χ1n) is 7.02. The third-order valence-corrected chi connectivity index (χ3v) is 4.30. The normalized spacial score (nSPS) is 18.3. The number of anilines is 1. The van der Waals surface area contributed by atoms with Crippen LogP contribution in [0.4, 0.5) is 5.69 Å². The number of carbonyl (C=O) groups is 1. The van der Waals surface area contributed by atoms with Gasteiger partial charge >= 0.3 is 0 Å². The molecule has 0 aliphatic carbocycles. The number of amides is 1. The lowest BCUT2D eigenvalue weighted by atomic mass is 10.1. The van der Waals surface area contributed by atoms with Crippen molar-refractivity contribution in [3.05, 3.63) is 64.1 Å². The molecule has 1 amide bonds. The lowest BCUT2D eigenvalue weighted by Gasteiger charge is -2.24. The fourth-order valence-electron chi connectivity index (χ4n) is 2.56. The standard InChI is InChI=1S/C17H17BrN2O/c1-12-17(21)20(11-13-6-8-15(18)9-7-13)16-5-3-2-4-14(16)10-19-12/h2-9,12,19H,10-11H2,1H3. The predicted molar refractivity (Wildman–Crippen MR) is 88.1 cm³/mol. The summed E-state index contributed by atoms with van der Waals surface area (Å²) in [4.78, 5) is 14.5. The van der Waals surface area contributed by atoms with Crippen LogP contribution in [-0.4, -0.2) is 11.9 Å². The lowest BCUT2D eigenvalue weighted by molar-refractivity contribution is -0.120. The number of nitrogens with one attached hydrogen (secondary N) is 1. The van der Waals surface area contributed by atoms with Crippen molar-refractivity contribution < 1.29 is 4.79 Å². The SMILES string of the molecule is CC1NCc2ccccc2N(Cc2ccc(Br)cc2)C1=O. The first-order chi connectivity index (χ1) is 10.1. The fraction of sp³-hybridized carbons (Fsp3) is 0.235. The maximum Gasteiger partial charge on any atom is 0.244 e. The molecule has 0 saturated heterocycles. The highest BCUT2D eigenvalue weighted by Crippen LogP contribution is 2.26. The minimum absolute atomic E-state index is 0.114. The average Bonchev–Trinajstić information content (AvgIpc) is 2.62. The van der Waals surface area contributed by atoms with Crippen LogP contribution < -0.4 is 10.2 Å². The molecule has 1 atom stereocenters. The van der Waals surface area contributed by atoms with E-state index in [9.17, 15) is 4.79 Å². The van der Waals surface area contributed by atoms with Crippen LogP contribution in [0.3, 0.4) is 0 Å². The van der Waals surface area contributed by atoms with E-state index in [1.807, 2.05) is 54.3 Å². The van der Waals surface area contributed by atoms with Crippen molar-refractivity contribution >= 4 is 27.5 Å². The van der Waals surface area contributed by atoms with Gasteiger partial charge in [0.25, 0.3) is 0 Å². The van der Waals surface area contributed by atoms with Crippen LogP contribution in [0, 0.1) is 0 Å². The third-order valence-electron chi connectivity index (χ3n) is 3.77. The van der Waals surface area contributed by atoms with Crippen LogP contribution in [0.5, 0.6) is 0 Å². The van der Waals surface area contributed by atoms with Crippen molar-refractivity contribution in [3.8, 4) is 0 Å². The summed E-state index contributed by atoms with van der Waals surface area (Å²) in [5.41, 5.74) is 3.28. The lowest BCUT2D eigenvalue weighted by Crippen LogP contribution is -2.42. The van der Waals surface area contributed by atoms with Gasteiger partial charge in [0.2, 0.25) is 5.91 Å². The molecule has 0 aromatic heterocycles. The Hall–Kier alpha value is -1.65. The molecule has 0 saturated carbocycles. The monoisotopic (exact) mass is 344 g/mol. The Morgan fingerprint density at radius 2 is 1.90 bits per heavy atom. The van der Waals surface area contributed by atoms with Crippen molar-refractivity contribution in [3.63, 3.8) is 0 Å². The van der Waals surface area contributed by atoms with E-state index in [1.165, 1.54) is 0 Å². The zero-order valence-electron chi connectivity index (χ0n) is 11.8. The summed E-state index contributed by atoms with van der Waals surface area (Å²) in [5, 5.41) is 3.28. The minimum atomic E-state index is -0.173. The molecule has 1 N–H and O–H groups in total. The van der Waals surface area contributed by atoms with Gasteiger partial charge in [-0.2, -0.15) is 0 Å². The number of halogens is 1.